The topological polar surface area (TPSA) is 91.8 Å². The van der Waals surface area contributed by atoms with E-state index in [4.69, 9.17) is 4.74 Å². The van der Waals surface area contributed by atoms with Gasteiger partial charge in [-0.3, -0.25) is 4.99 Å². The van der Waals surface area contributed by atoms with Crippen LogP contribution in [0.1, 0.15) is 26.2 Å². The molecule has 1 fully saturated rings. The maximum Gasteiger partial charge on any atom is 0.213 e. The summed E-state index contributed by atoms with van der Waals surface area (Å²) in [5.41, 5.74) is 0. The summed E-state index contributed by atoms with van der Waals surface area (Å²) in [5.74, 6) is 1.92. The SMILES string of the molecule is CCNC(=NCCS(=O)(=O)NCC1CCC1)NCCOc1ccccc1. The Morgan fingerprint density at radius 2 is 2.00 bits per heavy atom. The Balaban J connectivity index is 1.67. The largest absolute Gasteiger partial charge is 0.492 e. The number of nitrogens with zero attached hydrogens (tertiary/aromatic N) is 1. The van der Waals surface area contributed by atoms with Crippen molar-refractivity contribution in [2.24, 2.45) is 10.9 Å². The molecule has 0 aliphatic heterocycles. The maximum atomic E-state index is 12.0. The molecular weight excluding hydrogens is 352 g/mol. The Hall–Kier alpha value is -1.80. The molecule has 7 nitrogen and oxygen atoms in total. The minimum absolute atomic E-state index is 0.00317. The highest BCUT2D eigenvalue weighted by molar-refractivity contribution is 7.89. The van der Waals surface area contributed by atoms with Crippen LogP contribution in [0.2, 0.25) is 0 Å². The fourth-order valence-electron chi connectivity index (χ4n) is 2.49. The van der Waals surface area contributed by atoms with Crippen LogP contribution in [0.25, 0.3) is 0 Å². The average Bonchev–Trinajstić information content (AvgIpc) is 2.58. The van der Waals surface area contributed by atoms with E-state index in [1.807, 2.05) is 37.3 Å². The normalized spacial score (nSPS) is 15.3. The number of ether oxygens (including phenoxy) is 1. The van der Waals surface area contributed by atoms with Gasteiger partial charge in [0.25, 0.3) is 0 Å². The third kappa shape index (κ3) is 8.05. The average molecular weight is 383 g/mol. The number of hydrogen-bond acceptors (Lipinski definition) is 4. The number of nitrogens with one attached hydrogen (secondary N) is 3. The quantitative estimate of drug-likeness (QED) is 0.305. The Bertz CT molecular complexity index is 646. The van der Waals surface area contributed by atoms with Crippen LogP contribution >= 0.6 is 0 Å². The molecule has 0 unspecified atom stereocenters. The lowest BCUT2D eigenvalue weighted by molar-refractivity contribution is 0.316. The summed E-state index contributed by atoms with van der Waals surface area (Å²) in [6.45, 7) is 4.52. The zero-order valence-corrected chi connectivity index (χ0v) is 16.2. The van der Waals surface area contributed by atoms with Crippen molar-refractivity contribution in [3.8, 4) is 5.75 Å². The van der Waals surface area contributed by atoms with E-state index in [2.05, 4.69) is 20.3 Å². The molecular formula is C18H30N4O3S. The monoisotopic (exact) mass is 382 g/mol. The smallest absolute Gasteiger partial charge is 0.213 e. The van der Waals surface area contributed by atoms with Crippen molar-refractivity contribution in [3.05, 3.63) is 30.3 Å². The maximum absolute atomic E-state index is 12.0. The van der Waals surface area contributed by atoms with Crippen molar-refractivity contribution in [2.45, 2.75) is 26.2 Å². The molecule has 1 aliphatic rings. The molecule has 1 aromatic carbocycles. The fourth-order valence-corrected chi connectivity index (χ4v) is 3.45. The molecule has 1 aromatic rings. The molecule has 0 bridgehead atoms. The van der Waals surface area contributed by atoms with E-state index in [1.165, 1.54) is 6.42 Å². The first-order valence-electron chi connectivity index (χ1n) is 9.26. The van der Waals surface area contributed by atoms with E-state index in [0.29, 0.717) is 38.1 Å². The van der Waals surface area contributed by atoms with E-state index in [0.717, 1.165) is 18.6 Å². The number of guanidine groups is 1. The van der Waals surface area contributed by atoms with Gasteiger partial charge in [-0.2, -0.15) is 0 Å². The molecule has 0 heterocycles. The lowest BCUT2D eigenvalue weighted by Crippen LogP contribution is -2.40. The van der Waals surface area contributed by atoms with Crippen LogP contribution in [-0.2, 0) is 10.0 Å². The van der Waals surface area contributed by atoms with Gasteiger partial charge in [-0.25, -0.2) is 13.1 Å². The Morgan fingerprint density at radius 3 is 2.65 bits per heavy atom. The van der Waals surface area contributed by atoms with Crippen LogP contribution in [0.5, 0.6) is 5.75 Å². The van der Waals surface area contributed by atoms with Gasteiger partial charge in [0.2, 0.25) is 10.0 Å². The van der Waals surface area contributed by atoms with Gasteiger partial charge < -0.3 is 15.4 Å². The Morgan fingerprint density at radius 1 is 1.23 bits per heavy atom. The molecule has 1 aliphatic carbocycles. The number of benzene rings is 1. The van der Waals surface area contributed by atoms with Gasteiger partial charge in [0.15, 0.2) is 5.96 Å². The fraction of sp³-hybridized carbons (Fsp3) is 0.611. The van der Waals surface area contributed by atoms with Crippen LogP contribution in [-0.4, -0.2) is 52.9 Å². The van der Waals surface area contributed by atoms with Crippen molar-refractivity contribution in [1.82, 2.24) is 15.4 Å². The molecule has 1 saturated carbocycles. The molecule has 0 atom stereocenters. The molecule has 2 rings (SSSR count). The molecule has 0 amide bonds. The Labute approximate surface area is 156 Å². The second-order valence-electron chi connectivity index (χ2n) is 6.31. The summed E-state index contributed by atoms with van der Waals surface area (Å²) in [5, 5.41) is 6.25. The number of aliphatic imine (C=N–C) groups is 1. The highest BCUT2D eigenvalue weighted by Crippen LogP contribution is 2.25. The van der Waals surface area contributed by atoms with E-state index in [-0.39, 0.29) is 12.3 Å². The summed E-state index contributed by atoms with van der Waals surface area (Å²) in [6, 6.07) is 9.60. The molecule has 0 spiro atoms. The van der Waals surface area contributed by atoms with Crippen molar-refractivity contribution in [2.75, 3.05) is 38.5 Å². The first-order valence-corrected chi connectivity index (χ1v) is 10.9. The predicted molar refractivity (Wildman–Crippen MR) is 105 cm³/mol. The van der Waals surface area contributed by atoms with Crippen molar-refractivity contribution >= 4 is 16.0 Å². The summed E-state index contributed by atoms with van der Waals surface area (Å²) >= 11 is 0. The second kappa shape index (κ2) is 11.0. The highest BCUT2D eigenvalue weighted by atomic mass is 32.2. The van der Waals surface area contributed by atoms with Gasteiger partial charge in [0.1, 0.15) is 12.4 Å². The zero-order chi connectivity index (χ0) is 18.7. The summed E-state index contributed by atoms with van der Waals surface area (Å²) in [6.07, 6.45) is 3.46. The minimum Gasteiger partial charge on any atom is -0.492 e. The lowest BCUT2D eigenvalue weighted by atomic mass is 9.86. The van der Waals surface area contributed by atoms with Crippen LogP contribution in [0.3, 0.4) is 0 Å². The summed E-state index contributed by atoms with van der Waals surface area (Å²) < 4.78 is 32.3. The van der Waals surface area contributed by atoms with Gasteiger partial charge in [-0.1, -0.05) is 24.6 Å². The molecule has 146 valence electrons. The molecule has 26 heavy (non-hydrogen) atoms. The number of sulfonamides is 1. The third-order valence-corrected chi connectivity index (χ3v) is 5.52. The van der Waals surface area contributed by atoms with Gasteiger partial charge in [0, 0.05) is 13.1 Å². The first-order chi connectivity index (χ1) is 12.6. The summed E-state index contributed by atoms with van der Waals surface area (Å²) in [4.78, 5) is 4.32. The van der Waals surface area contributed by atoms with E-state index < -0.39 is 10.0 Å². The molecule has 0 radical (unpaired) electrons. The van der Waals surface area contributed by atoms with E-state index in [1.54, 1.807) is 0 Å². The van der Waals surface area contributed by atoms with Crippen LogP contribution in [0.15, 0.2) is 35.3 Å². The highest BCUT2D eigenvalue weighted by Gasteiger charge is 2.19. The first kappa shape index (κ1) is 20.5. The van der Waals surface area contributed by atoms with Gasteiger partial charge in [-0.15, -0.1) is 0 Å². The van der Waals surface area contributed by atoms with Gasteiger partial charge in [0.05, 0.1) is 18.8 Å². The Kier molecular flexibility index (Phi) is 8.70. The standard InChI is InChI=1S/C18H30N4O3S/c1-2-19-18(20-11-13-25-17-9-4-3-5-10-17)21-12-14-26(23,24)22-15-16-7-6-8-16/h3-5,9-10,16,22H,2,6-8,11-15H2,1H3,(H2,19,20,21). The minimum atomic E-state index is -3.26. The van der Waals surface area contributed by atoms with Crippen molar-refractivity contribution < 1.29 is 13.2 Å². The van der Waals surface area contributed by atoms with Gasteiger partial charge in [-0.05, 0) is 37.8 Å². The number of rotatable bonds is 11. The number of para-hydroxylation sites is 1. The number of hydrogen-bond donors (Lipinski definition) is 3. The van der Waals surface area contributed by atoms with Crippen molar-refractivity contribution in [3.63, 3.8) is 0 Å². The second-order valence-corrected chi connectivity index (χ2v) is 8.24. The van der Waals surface area contributed by atoms with E-state index in [9.17, 15) is 8.42 Å². The van der Waals surface area contributed by atoms with Gasteiger partial charge >= 0.3 is 0 Å². The lowest BCUT2D eigenvalue weighted by Gasteiger charge is -2.25. The zero-order valence-electron chi connectivity index (χ0n) is 15.4. The molecule has 0 aromatic heterocycles. The van der Waals surface area contributed by atoms with Crippen LogP contribution in [0.4, 0.5) is 0 Å². The molecule has 0 saturated heterocycles. The van der Waals surface area contributed by atoms with E-state index >= 15 is 0 Å². The molecule has 3 N–H and O–H groups in total. The molecule has 8 heteroatoms. The third-order valence-electron chi connectivity index (χ3n) is 4.20. The van der Waals surface area contributed by atoms with Crippen LogP contribution in [0, 0.1) is 5.92 Å². The van der Waals surface area contributed by atoms with Crippen LogP contribution < -0.4 is 20.1 Å². The predicted octanol–water partition coefficient (Wildman–Crippen LogP) is 1.34. The van der Waals surface area contributed by atoms with Crippen molar-refractivity contribution in [1.29, 1.82) is 0 Å². The summed E-state index contributed by atoms with van der Waals surface area (Å²) in [7, 11) is -3.26.